The molecule has 4 saturated heterocycles. The normalized spacial score (nSPS) is 26.3. The van der Waals surface area contributed by atoms with Gasteiger partial charge in [-0.15, -0.1) is 5.06 Å². The van der Waals surface area contributed by atoms with E-state index in [1.54, 1.807) is 4.90 Å². The monoisotopic (exact) mass is 446 g/mol. The molecule has 5 rings (SSSR count). The maximum absolute atomic E-state index is 12.4. The topological polar surface area (TPSA) is 73.4 Å². The zero-order chi connectivity index (χ0) is 21.5. The van der Waals surface area contributed by atoms with Gasteiger partial charge in [-0.2, -0.15) is 0 Å². The Morgan fingerprint density at radius 3 is 2.29 bits per heavy atom. The first kappa shape index (κ1) is 20.6. The Morgan fingerprint density at radius 2 is 1.65 bits per heavy atom. The van der Waals surface area contributed by atoms with E-state index in [0.717, 1.165) is 37.7 Å². The molecule has 0 spiro atoms. The average Bonchev–Trinajstić information content (AvgIpc) is 3.51. The molecule has 0 aromatic heterocycles. The number of fused-ring (bicyclic) bond motifs is 1. The molecule has 0 bridgehead atoms. The molecule has 0 N–H and O–H groups in total. The SMILES string of the molecule is O=C(ON1C(=O)CCC1=O)N1CC2CN(Cc3ccc(Cl)cc3N3CCCC3)CC2C1. The predicted octanol–water partition coefficient (Wildman–Crippen LogP) is 2.50. The lowest BCUT2D eigenvalue weighted by molar-refractivity contribution is -0.173. The number of hydrogen-bond donors (Lipinski definition) is 0. The van der Waals surface area contributed by atoms with E-state index in [2.05, 4.69) is 21.9 Å². The molecular formula is C22H27ClN4O4. The van der Waals surface area contributed by atoms with Crippen molar-refractivity contribution in [3.05, 3.63) is 28.8 Å². The quantitative estimate of drug-likeness (QED) is 0.662. The first-order valence-corrected chi connectivity index (χ1v) is 11.4. The van der Waals surface area contributed by atoms with Crippen LogP contribution in [0.25, 0.3) is 0 Å². The van der Waals surface area contributed by atoms with Crippen LogP contribution in [0.15, 0.2) is 18.2 Å². The van der Waals surface area contributed by atoms with Crippen LogP contribution >= 0.6 is 11.6 Å². The first-order chi connectivity index (χ1) is 15.0. The fraction of sp³-hybridized carbons (Fsp3) is 0.591. The van der Waals surface area contributed by atoms with Crippen molar-refractivity contribution >= 4 is 35.2 Å². The highest BCUT2D eigenvalue weighted by Crippen LogP contribution is 2.35. The highest BCUT2D eigenvalue weighted by Gasteiger charge is 2.43. The molecule has 4 fully saturated rings. The van der Waals surface area contributed by atoms with Crippen molar-refractivity contribution in [1.29, 1.82) is 0 Å². The summed E-state index contributed by atoms with van der Waals surface area (Å²) >= 11 is 6.28. The summed E-state index contributed by atoms with van der Waals surface area (Å²) in [7, 11) is 0. The number of nitrogens with zero attached hydrogens (tertiary/aromatic N) is 4. The number of imide groups is 1. The van der Waals surface area contributed by atoms with Crippen molar-refractivity contribution in [2.24, 2.45) is 11.8 Å². The molecule has 0 radical (unpaired) electrons. The number of carbonyl (C=O) groups is 3. The van der Waals surface area contributed by atoms with Crippen molar-refractivity contribution in [2.75, 3.05) is 44.2 Å². The summed E-state index contributed by atoms with van der Waals surface area (Å²) in [5.74, 6) is -0.137. The number of rotatable bonds is 4. The molecule has 8 nitrogen and oxygen atoms in total. The van der Waals surface area contributed by atoms with Gasteiger partial charge < -0.3 is 14.6 Å². The second-order valence-electron chi connectivity index (χ2n) is 9.03. The number of hydroxylamine groups is 2. The van der Waals surface area contributed by atoms with Crippen LogP contribution in [0.5, 0.6) is 0 Å². The van der Waals surface area contributed by atoms with Crippen LogP contribution in [0.4, 0.5) is 10.5 Å². The number of amides is 3. The third-order valence-electron chi connectivity index (χ3n) is 6.88. The summed E-state index contributed by atoms with van der Waals surface area (Å²) in [6, 6.07) is 6.18. The van der Waals surface area contributed by atoms with Crippen LogP contribution in [-0.2, 0) is 21.0 Å². The minimum Gasteiger partial charge on any atom is -0.371 e. The Bertz CT molecular complexity index is 873. The van der Waals surface area contributed by atoms with Gasteiger partial charge in [0, 0.05) is 69.4 Å². The molecule has 1 aromatic carbocycles. The van der Waals surface area contributed by atoms with E-state index >= 15 is 0 Å². The van der Waals surface area contributed by atoms with Crippen molar-refractivity contribution in [3.8, 4) is 0 Å². The predicted molar refractivity (Wildman–Crippen MR) is 114 cm³/mol. The zero-order valence-corrected chi connectivity index (χ0v) is 18.2. The zero-order valence-electron chi connectivity index (χ0n) is 17.5. The second kappa shape index (κ2) is 8.31. The van der Waals surface area contributed by atoms with E-state index < -0.39 is 17.9 Å². The maximum atomic E-state index is 12.4. The van der Waals surface area contributed by atoms with Crippen LogP contribution < -0.4 is 4.90 Å². The third-order valence-corrected chi connectivity index (χ3v) is 7.12. The number of hydrogen-bond acceptors (Lipinski definition) is 6. The summed E-state index contributed by atoms with van der Waals surface area (Å²) in [6.07, 6.45) is 2.06. The van der Waals surface area contributed by atoms with Crippen LogP contribution in [0, 0.1) is 11.8 Å². The summed E-state index contributed by atoms with van der Waals surface area (Å²) in [4.78, 5) is 47.4. The Labute approximate surface area is 186 Å². The molecule has 166 valence electrons. The van der Waals surface area contributed by atoms with Crippen molar-refractivity contribution in [1.82, 2.24) is 14.9 Å². The second-order valence-corrected chi connectivity index (χ2v) is 9.46. The summed E-state index contributed by atoms with van der Waals surface area (Å²) in [6.45, 7) is 6.05. The summed E-state index contributed by atoms with van der Waals surface area (Å²) in [5, 5.41) is 1.40. The standard InChI is InChI=1S/C22H27ClN4O4/c23-18-4-3-15(19(9-18)25-7-1-2-8-25)10-24-11-16-13-26(14-17(16)12-24)22(30)31-27-20(28)5-6-21(27)29/h3-4,9,16-17H,1-2,5-8,10-14H2. The van der Waals surface area contributed by atoms with Gasteiger partial charge in [0.25, 0.3) is 11.8 Å². The van der Waals surface area contributed by atoms with Gasteiger partial charge in [-0.05, 0) is 42.4 Å². The molecule has 1 aromatic rings. The highest BCUT2D eigenvalue weighted by atomic mass is 35.5. The van der Waals surface area contributed by atoms with Crippen molar-refractivity contribution < 1.29 is 19.2 Å². The van der Waals surface area contributed by atoms with Crippen LogP contribution in [0.3, 0.4) is 0 Å². The molecule has 2 atom stereocenters. The van der Waals surface area contributed by atoms with E-state index in [1.807, 2.05) is 6.07 Å². The largest absolute Gasteiger partial charge is 0.434 e. The Balaban J connectivity index is 1.18. The van der Waals surface area contributed by atoms with E-state index in [1.165, 1.54) is 24.1 Å². The lowest BCUT2D eigenvalue weighted by Crippen LogP contribution is -2.40. The molecule has 4 heterocycles. The molecular weight excluding hydrogens is 420 g/mol. The Morgan fingerprint density at radius 1 is 1.00 bits per heavy atom. The number of halogens is 1. The fourth-order valence-corrected chi connectivity index (χ4v) is 5.49. The van der Waals surface area contributed by atoms with Crippen LogP contribution in [0.2, 0.25) is 5.02 Å². The molecule has 4 aliphatic rings. The Kier molecular flexibility index (Phi) is 5.52. The van der Waals surface area contributed by atoms with Gasteiger partial charge in [0.15, 0.2) is 0 Å². The van der Waals surface area contributed by atoms with E-state index in [9.17, 15) is 14.4 Å². The lowest BCUT2D eigenvalue weighted by Gasteiger charge is -2.26. The molecule has 0 aliphatic carbocycles. The minimum atomic E-state index is -0.599. The number of anilines is 1. The maximum Gasteiger partial charge on any atom is 0.434 e. The van der Waals surface area contributed by atoms with E-state index in [-0.39, 0.29) is 12.8 Å². The highest BCUT2D eigenvalue weighted by molar-refractivity contribution is 6.30. The molecule has 3 amide bonds. The molecule has 31 heavy (non-hydrogen) atoms. The van der Waals surface area contributed by atoms with Gasteiger partial charge in [0.05, 0.1) is 0 Å². The molecule has 0 saturated carbocycles. The smallest absolute Gasteiger partial charge is 0.371 e. The van der Waals surface area contributed by atoms with Crippen molar-refractivity contribution in [3.63, 3.8) is 0 Å². The number of carbonyl (C=O) groups excluding carboxylic acids is 3. The summed E-state index contributed by atoms with van der Waals surface area (Å²) < 4.78 is 0. The van der Waals surface area contributed by atoms with Gasteiger partial charge in [-0.1, -0.05) is 17.7 Å². The van der Waals surface area contributed by atoms with Crippen molar-refractivity contribution in [2.45, 2.75) is 32.2 Å². The van der Waals surface area contributed by atoms with Crippen LogP contribution in [0.1, 0.15) is 31.2 Å². The van der Waals surface area contributed by atoms with Gasteiger partial charge in [0.2, 0.25) is 0 Å². The lowest BCUT2D eigenvalue weighted by atomic mass is 10.0. The third kappa shape index (κ3) is 4.11. The fourth-order valence-electron chi connectivity index (χ4n) is 5.33. The van der Waals surface area contributed by atoms with Gasteiger partial charge in [-0.25, -0.2) is 4.79 Å². The number of benzene rings is 1. The average molecular weight is 447 g/mol. The summed E-state index contributed by atoms with van der Waals surface area (Å²) in [5.41, 5.74) is 2.54. The molecule has 2 unspecified atom stereocenters. The van der Waals surface area contributed by atoms with E-state index in [4.69, 9.17) is 16.4 Å². The number of likely N-dealkylation sites (tertiary alicyclic amines) is 2. The van der Waals surface area contributed by atoms with Crippen LogP contribution in [-0.4, -0.2) is 72.0 Å². The molecule has 9 heteroatoms. The van der Waals surface area contributed by atoms with E-state index in [0.29, 0.717) is 30.0 Å². The Hall–Kier alpha value is -2.32. The first-order valence-electron chi connectivity index (χ1n) is 11.1. The minimum absolute atomic E-state index is 0.108. The van der Waals surface area contributed by atoms with Gasteiger partial charge in [0.1, 0.15) is 0 Å². The molecule has 4 aliphatic heterocycles. The van der Waals surface area contributed by atoms with Gasteiger partial charge >= 0.3 is 6.09 Å². The van der Waals surface area contributed by atoms with Gasteiger partial charge in [-0.3, -0.25) is 14.5 Å².